The third-order valence-electron chi connectivity index (χ3n) is 3.86. The van der Waals surface area contributed by atoms with E-state index in [4.69, 9.17) is 16.3 Å². The summed E-state index contributed by atoms with van der Waals surface area (Å²) in [5.74, 6) is 0. The molecule has 0 aromatic heterocycles. The molecule has 0 atom stereocenters. The zero-order valence-electron chi connectivity index (χ0n) is 14.8. The van der Waals surface area contributed by atoms with Crippen molar-refractivity contribution in [2.24, 2.45) is 0 Å². The lowest BCUT2D eigenvalue weighted by Crippen LogP contribution is -2.55. The van der Waals surface area contributed by atoms with Gasteiger partial charge >= 0.3 is 6.09 Å². The van der Waals surface area contributed by atoms with Crippen LogP contribution in [0.15, 0.2) is 24.3 Å². The number of ether oxygens (including phenoxy) is 1. The quantitative estimate of drug-likeness (QED) is 0.767. The molecule has 2 N–H and O–H groups in total. The molecule has 0 aliphatic heterocycles. The van der Waals surface area contributed by atoms with Crippen molar-refractivity contribution in [1.82, 2.24) is 10.6 Å². The van der Waals surface area contributed by atoms with Crippen LogP contribution in [0.1, 0.15) is 53.0 Å². The Morgan fingerprint density at radius 3 is 2.30 bits per heavy atom. The summed E-state index contributed by atoms with van der Waals surface area (Å²) >= 11 is 6.17. The topological polar surface area (TPSA) is 50.4 Å². The second-order valence-electron chi connectivity index (χ2n) is 6.81. The van der Waals surface area contributed by atoms with Gasteiger partial charge < -0.3 is 15.4 Å². The van der Waals surface area contributed by atoms with E-state index in [-0.39, 0.29) is 11.6 Å². The fourth-order valence-corrected chi connectivity index (χ4v) is 2.52. The zero-order chi connectivity index (χ0) is 17.5. The lowest BCUT2D eigenvalue weighted by Gasteiger charge is -2.34. The molecule has 0 aliphatic rings. The number of amides is 1. The Morgan fingerprint density at radius 2 is 1.78 bits per heavy atom. The van der Waals surface area contributed by atoms with Crippen LogP contribution in [0.25, 0.3) is 0 Å². The number of hydrogen-bond acceptors (Lipinski definition) is 3. The highest BCUT2D eigenvalue weighted by molar-refractivity contribution is 6.31. The summed E-state index contributed by atoms with van der Waals surface area (Å²) in [6.07, 6.45) is 1.26. The zero-order valence-corrected chi connectivity index (χ0v) is 15.6. The number of nitrogens with one attached hydrogen (secondary N) is 2. The van der Waals surface area contributed by atoms with Crippen LogP contribution in [0.3, 0.4) is 0 Å². The molecule has 1 amide bonds. The Kier molecular flexibility index (Phi) is 7.36. The first-order valence-electron chi connectivity index (χ1n) is 8.16. The minimum Gasteiger partial charge on any atom is -0.444 e. The summed E-state index contributed by atoms with van der Waals surface area (Å²) < 4.78 is 5.38. The van der Waals surface area contributed by atoms with E-state index in [9.17, 15) is 4.79 Å². The van der Waals surface area contributed by atoms with Gasteiger partial charge in [0.1, 0.15) is 5.60 Å². The number of benzene rings is 1. The van der Waals surface area contributed by atoms with Crippen LogP contribution in [0, 0.1) is 0 Å². The van der Waals surface area contributed by atoms with Crippen molar-refractivity contribution < 1.29 is 9.53 Å². The van der Waals surface area contributed by atoms with Gasteiger partial charge in [0.25, 0.3) is 0 Å². The molecule has 0 heterocycles. The maximum Gasteiger partial charge on any atom is 0.408 e. The van der Waals surface area contributed by atoms with Gasteiger partial charge in [0.2, 0.25) is 0 Å². The van der Waals surface area contributed by atoms with Gasteiger partial charge in [-0.25, -0.2) is 4.79 Å². The molecule has 1 aromatic rings. The summed E-state index contributed by atoms with van der Waals surface area (Å²) in [5.41, 5.74) is 0.221. The molecule has 0 radical (unpaired) electrons. The summed E-state index contributed by atoms with van der Waals surface area (Å²) in [6.45, 7) is 11.0. The number of alkyl carbamates (subject to hydrolysis) is 1. The van der Waals surface area contributed by atoms with Crippen LogP contribution < -0.4 is 10.6 Å². The summed E-state index contributed by atoms with van der Waals surface area (Å²) in [5, 5.41) is 7.18. The van der Waals surface area contributed by atoms with Crippen LogP contribution in [0.5, 0.6) is 0 Å². The van der Waals surface area contributed by atoms with Crippen molar-refractivity contribution in [2.75, 3.05) is 6.54 Å². The normalized spacial score (nSPS) is 12.1. The molecule has 130 valence electrons. The Morgan fingerprint density at radius 1 is 1.17 bits per heavy atom. The van der Waals surface area contributed by atoms with E-state index in [0.29, 0.717) is 13.1 Å². The minimum atomic E-state index is -0.498. The smallest absolute Gasteiger partial charge is 0.408 e. The molecule has 0 saturated heterocycles. The standard InChI is InChI=1S/C18H29ClN2O2/c1-6-18(7-2,21-16(22)23-17(3,4)5)13-20-12-14-10-8-9-11-15(14)19/h8-11,20H,6-7,12-13H2,1-5H3,(H,21,22). The van der Waals surface area contributed by atoms with Crippen LogP contribution >= 0.6 is 11.6 Å². The van der Waals surface area contributed by atoms with Crippen molar-refractivity contribution in [1.29, 1.82) is 0 Å². The van der Waals surface area contributed by atoms with E-state index >= 15 is 0 Å². The number of rotatable bonds is 7. The Bertz CT molecular complexity index is 508. The second kappa shape index (κ2) is 8.55. The van der Waals surface area contributed by atoms with E-state index < -0.39 is 5.60 Å². The van der Waals surface area contributed by atoms with E-state index in [1.807, 2.05) is 45.0 Å². The SMILES string of the molecule is CCC(CC)(CNCc1ccccc1Cl)NC(=O)OC(C)(C)C. The summed E-state index contributed by atoms with van der Waals surface area (Å²) in [4.78, 5) is 12.1. The van der Waals surface area contributed by atoms with Crippen molar-refractivity contribution >= 4 is 17.7 Å². The monoisotopic (exact) mass is 340 g/mol. The van der Waals surface area contributed by atoms with Gasteiger partial charge in [-0.2, -0.15) is 0 Å². The van der Waals surface area contributed by atoms with Crippen molar-refractivity contribution in [3.05, 3.63) is 34.9 Å². The first-order valence-corrected chi connectivity index (χ1v) is 8.54. The highest BCUT2D eigenvalue weighted by Gasteiger charge is 2.30. The number of carbonyl (C=O) groups excluding carboxylic acids is 1. The van der Waals surface area contributed by atoms with Gasteiger partial charge in [0, 0.05) is 18.1 Å². The van der Waals surface area contributed by atoms with Crippen molar-refractivity contribution in [3.8, 4) is 0 Å². The lowest BCUT2D eigenvalue weighted by atomic mass is 9.92. The molecule has 5 heteroatoms. The van der Waals surface area contributed by atoms with Gasteiger partial charge in [0.15, 0.2) is 0 Å². The van der Waals surface area contributed by atoms with Gasteiger partial charge in [-0.15, -0.1) is 0 Å². The molecular weight excluding hydrogens is 312 g/mol. The number of halogens is 1. The largest absolute Gasteiger partial charge is 0.444 e. The fourth-order valence-electron chi connectivity index (χ4n) is 2.32. The highest BCUT2D eigenvalue weighted by Crippen LogP contribution is 2.18. The molecule has 4 nitrogen and oxygen atoms in total. The molecule has 0 unspecified atom stereocenters. The Labute approximate surface area is 144 Å². The van der Waals surface area contributed by atoms with Crippen LogP contribution in [-0.2, 0) is 11.3 Å². The number of carbonyl (C=O) groups is 1. The molecule has 0 bridgehead atoms. The maximum absolute atomic E-state index is 12.1. The first kappa shape index (κ1) is 19.8. The highest BCUT2D eigenvalue weighted by atomic mass is 35.5. The van der Waals surface area contributed by atoms with E-state index in [2.05, 4.69) is 24.5 Å². The minimum absolute atomic E-state index is 0.330. The van der Waals surface area contributed by atoms with Crippen LogP contribution in [0.2, 0.25) is 5.02 Å². The summed E-state index contributed by atoms with van der Waals surface area (Å²) in [7, 11) is 0. The Hall–Kier alpha value is -1.26. The molecule has 23 heavy (non-hydrogen) atoms. The van der Waals surface area contributed by atoms with Gasteiger partial charge in [0.05, 0.1) is 5.54 Å². The maximum atomic E-state index is 12.1. The third-order valence-corrected chi connectivity index (χ3v) is 4.23. The third kappa shape index (κ3) is 6.80. The molecule has 0 aliphatic carbocycles. The second-order valence-corrected chi connectivity index (χ2v) is 7.22. The molecule has 0 fully saturated rings. The molecule has 1 rings (SSSR count). The fraction of sp³-hybridized carbons (Fsp3) is 0.611. The van der Waals surface area contributed by atoms with Gasteiger partial charge in [-0.3, -0.25) is 0 Å². The first-order chi connectivity index (χ1) is 10.7. The van der Waals surface area contributed by atoms with Gasteiger partial charge in [-0.1, -0.05) is 43.6 Å². The average Bonchev–Trinajstić information content (AvgIpc) is 2.46. The van der Waals surface area contributed by atoms with Crippen LogP contribution in [0.4, 0.5) is 4.79 Å². The molecule has 0 spiro atoms. The molecule has 0 saturated carbocycles. The van der Waals surface area contributed by atoms with Crippen molar-refractivity contribution in [3.63, 3.8) is 0 Å². The predicted molar refractivity (Wildman–Crippen MR) is 95.8 cm³/mol. The summed E-state index contributed by atoms with van der Waals surface area (Å²) in [6, 6.07) is 7.76. The molecule has 1 aromatic carbocycles. The Balaban J connectivity index is 2.63. The van der Waals surface area contributed by atoms with Crippen LogP contribution in [-0.4, -0.2) is 23.8 Å². The van der Waals surface area contributed by atoms with E-state index in [1.54, 1.807) is 0 Å². The van der Waals surface area contributed by atoms with Gasteiger partial charge in [-0.05, 0) is 45.2 Å². The lowest BCUT2D eigenvalue weighted by molar-refractivity contribution is 0.0446. The molecular formula is C18H29ClN2O2. The van der Waals surface area contributed by atoms with E-state index in [0.717, 1.165) is 23.4 Å². The number of hydrogen-bond donors (Lipinski definition) is 2. The predicted octanol–water partition coefficient (Wildman–Crippen LogP) is 4.51. The van der Waals surface area contributed by atoms with Crippen molar-refractivity contribution in [2.45, 2.75) is 65.1 Å². The average molecular weight is 341 g/mol. The van der Waals surface area contributed by atoms with E-state index in [1.165, 1.54) is 0 Å².